The van der Waals surface area contributed by atoms with E-state index in [4.69, 9.17) is 4.74 Å². The van der Waals surface area contributed by atoms with Crippen molar-refractivity contribution in [2.45, 2.75) is 71.6 Å². The predicted molar refractivity (Wildman–Crippen MR) is 81.1 cm³/mol. The minimum Gasteiger partial charge on any atom is -0.480 e. The van der Waals surface area contributed by atoms with Gasteiger partial charge in [-0.2, -0.15) is 0 Å². The molecule has 0 atom stereocenters. The maximum atomic E-state index is 11.6. The zero-order valence-corrected chi connectivity index (χ0v) is 13.0. The lowest BCUT2D eigenvalue weighted by Gasteiger charge is -2.08. The lowest BCUT2D eigenvalue weighted by Crippen LogP contribution is -2.25. The van der Waals surface area contributed by atoms with Gasteiger partial charge in [0.1, 0.15) is 5.78 Å². The quantitative estimate of drug-likeness (QED) is 0.318. The van der Waals surface area contributed by atoms with Crippen LogP contribution in [-0.4, -0.2) is 18.3 Å². The second-order valence-corrected chi connectivity index (χ2v) is 4.99. The minimum atomic E-state index is -0.337. The Morgan fingerprint density at radius 1 is 1.00 bits per heavy atom. The van der Waals surface area contributed by atoms with E-state index < -0.39 is 0 Å². The molecular formula is C16H29NO3. The van der Waals surface area contributed by atoms with E-state index in [2.05, 4.69) is 18.8 Å². The van der Waals surface area contributed by atoms with E-state index in [9.17, 15) is 9.59 Å². The van der Waals surface area contributed by atoms with Gasteiger partial charge in [0.05, 0.1) is 13.0 Å². The molecule has 4 heteroatoms. The summed E-state index contributed by atoms with van der Waals surface area (Å²) in [7, 11) is 0. The van der Waals surface area contributed by atoms with Gasteiger partial charge in [-0.25, -0.2) is 0 Å². The lowest BCUT2D eigenvalue weighted by molar-refractivity contribution is -0.128. The van der Waals surface area contributed by atoms with Crippen LogP contribution in [0.25, 0.3) is 0 Å². The molecule has 0 aromatic heterocycles. The maximum Gasteiger partial charge on any atom is 0.234 e. The topological polar surface area (TPSA) is 55.4 Å². The van der Waals surface area contributed by atoms with E-state index in [1.54, 1.807) is 0 Å². The molecule has 0 saturated carbocycles. The summed E-state index contributed by atoms with van der Waals surface area (Å²) >= 11 is 0. The lowest BCUT2D eigenvalue weighted by atomic mass is 10.1. The highest BCUT2D eigenvalue weighted by molar-refractivity contribution is 5.98. The van der Waals surface area contributed by atoms with Gasteiger partial charge < -0.3 is 4.74 Å². The van der Waals surface area contributed by atoms with Crippen molar-refractivity contribution in [3.05, 3.63) is 12.5 Å². The number of carbonyl (C=O) groups is 2. The highest BCUT2D eigenvalue weighted by Gasteiger charge is 2.10. The fraction of sp³-hybridized carbons (Fsp3) is 0.750. The summed E-state index contributed by atoms with van der Waals surface area (Å²) in [6.07, 6.45) is 8.62. The zero-order chi connectivity index (χ0) is 15.2. The van der Waals surface area contributed by atoms with Crippen LogP contribution < -0.4 is 5.32 Å². The normalized spacial score (nSPS) is 10.1. The fourth-order valence-corrected chi connectivity index (χ4v) is 1.96. The molecule has 4 nitrogen and oxygen atoms in total. The summed E-state index contributed by atoms with van der Waals surface area (Å²) in [5, 5.41) is 2.46. The van der Waals surface area contributed by atoms with E-state index in [1.807, 2.05) is 6.92 Å². The number of ketones is 1. The van der Waals surface area contributed by atoms with Crippen molar-refractivity contribution < 1.29 is 14.3 Å². The molecule has 0 saturated heterocycles. The maximum absolute atomic E-state index is 11.6. The van der Waals surface area contributed by atoms with E-state index in [-0.39, 0.29) is 24.0 Å². The second kappa shape index (κ2) is 12.7. The van der Waals surface area contributed by atoms with Crippen LogP contribution in [0.1, 0.15) is 71.6 Å². The summed E-state index contributed by atoms with van der Waals surface area (Å²) in [5.41, 5.74) is 0. The molecule has 0 aliphatic heterocycles. The van der Waals surface area contributed by atoms with Crippen molar-refractivity contribution in [1.29, 1.82) is 0 Å². The molecule has 0 aliphatic rings. The molecule has 0 fully saturated rings. The Morgan fingerprint density at radius 3 is 2.20 bits per heavy atom. The van der Waals surface area contributed by atoms with Crippen LogP contribution in [0.4, 0.5) is 0 Å². The third kappa shape index (κ3) is 11.8. The number of rotatable bonds is 13. The van der Waals surface area contributed by atoms with Gasteiger partial charge in [0.2, 0.25) is 5.91 Å². The second-order valence-electron chi connectivity index (χ2n) is 4.99. The van der Waals surface area contributed by atoms with Crippen molar-refractivity contribution in [2.75, 3.05) is 6.61 Å². The van der Waals surface area contributed by atoms with Crippen molar-refractivity contribution in [2.24, 2.45) is 0 Å². The summed E-state index contributed by atoms with van der Waals surface area (Å²) in [6, 6.07) is 0. The number of amides is 1. The average Bonchev–Trinajstić information content (AvgIpc) is 2.37. The third-order valence-corrected chi connectivity index (χ3v) is 3.01. The molecule has 20 heavy (non-hydrogen) atoms. The van der Waals surface area contributed by atoms with E-state index in [0.717, 1.165) is 12.8 Å². The Hall–Kier alpha value is -1.32. The Balaban J connectivity index is 3.53. The first-order valence-corrected chi connectivity index (χ1v) is 7.73. The van der Waals surface area contributed by atoms with Gasteiger partial charge in [-0.15, -0.1) is 0 Å². The van der Waals surface area contributed by atoms with E-state index >= 15 is 0 Å². The number of ether oxygens (including phenoxy) is 1. The molecule has 0 heterocycles. The van der Waals surface area contributed by atoms with Crippen LogP contribution in [0.2, 0.25) is 0 Å². The molecule has 0 aliphatic carbocycles. The first-order valence-electron chi connectivity index (χ1n) is 7.73. The summed E-state index contributed by atoms with van der Waals surface area (Å²) in [4.78, 5) is 23.1. The predicted octanol–water partition coefficient (Wildman–Crippen LogP) is 3.71. The zero-order valence-electron chi connectivity index (χ0n) is 13.0. The van der Waals surface area contributed by atoms with Gasteiger partial charge in [-0.1, -0.05) is 45.4 Å². The number of hydrogen-bond acceptors (Lipinski definition) is 3. The van der Waals surface area contributed by atoms with E-state index in [0.29, 0.717) is 13.0 Å². The molecule has 1 amide bonds. The molecule has 0 bridgehead atoms. The van der Waals surface area contributed by atoms with Gasteiger partial charge in [-0.05, 0) is 19.9 Å². The summed E-state index contributed by atoms with van der Waals surface area (Å²) in [6.45, 7) is 7.99. The van der Waals surface area contributed by atoms with Crippen LogP contribution in [0.15, 0.2) is 12.5 Å². The van der Waals surface area contributed by atoms with Gasteiger partial charge in [0.25, 0.3) is 0 Å². The molecule has 116 valence electrons. The van der Waals surface area contributed by atoms with Crippen molar-refractivity contribution in [3.8, 4) is 0 Å². The molecule has 0 unspecified atom stereocenters. The van der Waals surface area contributed by atoms with Crippen LogP contribution >= 0.6 is 0 Å². The van der Waals surface area contributed by atoms with Crippen LogP contribution in [-0.2, 0) is 14.3 Å². The molecule has 0 rings (SSSR count). The van der Waals surface area contributed by atoms with Crippen molar-refractivity contribution in [3.63, 3.8) is 0 Å². The monoisotopic (exact) mass is 283 g/mol. The highest BCUT2D eigenvalue weighted by Crippen LogP contribution is 2.09. The smallest absolute Gasteiger partial charge is 0.234 e. The molecule has 0 radical (unpaired) electrons. The number of hydrogen-bond donors (Lipinski definition) is 1. The standard InChI is InChI=1S/C16H29NO3/c1-4-6-7-8-9-10-11-12-15(18)13-16(19)17-14(3)20-5-2/h3-13H2,1-2H3,(H,17,19). The highest BCUT2D eigenvalue weighted by atomic mass is 16.5. The SMILES string of the molecule is C=C(NC(=O)CC(=O)CCCCCCCCC)OCC. The van der Waals surface area contributed by atoms with Crippen LogP contribution in [0.5, 0.6) is 0 Å². The molecule has 0 aromatic rings. The minimum absolute atomic E-state index is 0.0136. The molecule has 0 spiro atoms. The third-order valence-electron chi connectivity index (χ3n) is 3.01. The molecule has 1 N–H and O–H groups in total. The number of nitrogens with one attached hydrogen (secondary N) is 1. The number of Topliss-reactive ketones (excluding diaryl/α,β-unsaturated/α-hetero) is 1. The Bertz CT molecular complexity index is 300. The Morgan fingerprint density at radius 2 is 1.60 bits per heavy atom. The van der Waals surface area contributed by atoms with Crippen LogP contribution in [0, 0.1) is 0 Å². The van der Waals surface area contributed by atoms with Gasteiger partial charge in [-0.3, -0.25) is 14.9 Å². The first-order chi connectivity index (χ1) is 9.60. The molecular weight excluding hydrogens is 254 g/mol. The van der Waals surface area contributed by atoms with Gasteiger partial charge >= 0.3 is 0 Å². The average molecular weight is 283 g/mol. The fourth-order valence-electron chi connectivity index (χ4n) is 1.96. The van der Waals surface area contributed by atoms with Gasteiger partial charge in [0, 0.05) is 6.42 Å². The Kier molecular flexibility index (Phi) is 11.9. The number of unbranched alkanes of at least 4 members (excludes halogenated alkanes) is 6. The molecule has 0 aromatic carbocycles. The Labute approximate surface area is 123 Å². The van der Waals surface area contributed by atoms with Gasteiger partial charge in [0.15, 0.2) is 5.88 Å². The first kappa shape index (κ1) is 18.7. The van der Waals surface area contributed by atoms with Crippen LogP contribution in [0.3, 0.4) is 0 Å². The van der Waals surface area contributed by atoms with Crippen molar-refractivity contribution in [1.82, 2.24) is 5.32 Å². The summed E-state index contributed by atoms with van der Waals surface area (Å²) in [5.74, 6) is -0.141. The largest absolute Gasteiger partial charge is 0.480 e. The number of carbonyl (C=O) groups excluding carboxylic acids is 2. The van der Waals surface area contributed by atoms with Crippen molar-refractivity contribution >= 4 is 11.7 Å². The summed E-state index contributed by atoms with van der Waals surface area (Å²) < 4.78 is 5.00. The van der Waals surface area contributed by atoms with E-state index in [1.165, 1.54) is 32.1 Å².